The number of aryl methyl sites for hydroxylation is 1. The summed E-state index contributed by atoms with van der Waals surface area (Å²) in [7, 11) is 1.89. The third-order valence-corrected chi connectivity index (χ3v) is 3.33. The first kappa shape index (κ1) is 13.8. The van der Waals surface area contributed by atoms with Crippen LogP contribution in [0.15, 0.2) is 6.58 Å². The number of pyridine rings is 1. The fourth-order valence-electron chi connectivity index (χ4n) is 2.20. The van der Waals surface area contributed by atoms with Crippen molar-refractivity contribution in [3.8, 4) is 0 Å². The molecule has 1 aromatic heterocycles. The van der Waals surface area contributed by atoms with E-state index >= 15 is 0 Å². The molecule has 0 aromatic carbocycles. The number of nitrogens with zero attached hydrogens (tertiary/aromatic N) is 1. The van der Waals surface area contributed by atoms with Gasteiger partial charge in [-0.2, -0.15) is 0 Å². The van der Waals surface area contributed by atoms with E-state index in [4.69, 9.17) is 4.98 Å². The molecule has 1 N–H and O–H groups in total. The first-order valence-electron chi connectivity index (χ1n) is 6.05. The minimum absolute atomic E-state index is 0.0741. The molecule has 0 unspecified atom stereocenters. The second kappa shape index (κ2) is 4.52. The molecule has 0 saturated heterocycles. The van der Waals surface area contributed by atoms with Gasteiger partial charge in [0.1, 0.15) is 0 Å². The zero-order valence-corrected chi connectivity index (χ0v) is 12.2. The summed E-state index contributed by atoms with van der Waals surface area (Å²) in [5.74, 6) is 0. The van der Waals surface area contributed by atoms with Crippen LogP contribution in [0.4, 0.5) is 0 Å². The van der Waals surface area contributed by atoms with Crippen LogP contribution in [-0.4, -0.2) is 12.0 Å². The van der Waals surface area contributed by atoms with E-state index in [1.54, 1.807) is 0 Å². The molecule has 0 radical (unpaired) electrons. The van der Waals surface area contributed by atoms with Gasteiger partial charge in [-0.3, -0.25) is 4.98 Å². The fraction of sp³-hybridized carbons (Fsp3) is 0.533. The lowest BCUT2D eigenvalue weighted by molar-refractivity contribution is 0.578. The molecular weight excluding hydrogens is 208 g/mol. The van der Waals surface area contributed by atoms with E-state index in [0.717, 1.165) is 17.1 Å². The quantitative estimate of drug-likeness (QED) is 0.844. The zero-order valence-electron chi connectivity index (χ0n) is 12.2. The molecule has 2 heteroatoms. The summed E-state index contributed by atoms with van der Waals surface area (Å²) in [5.41, 5.74) is 6.95. The van der Waals surface area contributed by atoms with Crippen LogP contribution < -0.4 is 5.32 Å². The highest BCUT2D eigenvalue weighted by Gasteiger charge is 2.24. The molecule has 0 spiro atoms. The minimum atomic E-state index is 0.0741. The molecule has 17 heavy (non-hydrogen) atoms. The van der Waals surface area contributed by atoms with Crippen molar-refractivity contribution in [3.05, 3.63) is 34.7 Å². The van der Waals surface area contributed by atoms with Crippen LogP contribution in [0, 0.1) is 20.8 Å². The minimum Gasteiger partial charge on any atom is -0.387 e. The van der Waals surface area contributed by atoms with Gasteiger partial charge in [0.15, 0.2) is 0 Å². The molecular formula is C15H24N2. The summed E-state index contributed by atoms with van der Waals surface area (Å²) >= 11 is 0. The Balaban J connectivity index is 3.64. The molecule has 1 heterocycles. The smallest absolute Gasteiger partial charge is 0.0898 e. The van der Waals surface area contributed by atoms with Crippen LogP contribution in [0.3, 0.4) is 0 Å². The summed E-state index contributed by atoms with van der Waals surface area (Å²) in [6.45, 7) is 17.1. The maximum atomic E-state index is 4.71. The molecule has 94 valence electrons. The summed E-state index contributed by atoms with van der Waals surface area (Å²) in [6, 6.07) is 0. The van der Waals surface area contributed by atoms with Gasteiger partial charge in [0, 0.05) is 12.7 Å². The third-order valence-electron chi connectivity index (χ3n) is 3.33. The molecule has 2 nitrogen and oxygen atoms in total. The summed E-state index contributed by atoms with van der Waals surface area (Å²) in [6.07, 6.45) is 0. The second-order valence-corrected chi connectivity index (χ2v) is 5.65. The average molecular weight is 232 g/mol. The molecule has 0 amide bonds. The van der Waals surface area contributed by atoms with Crippen LogP contribution >= 0.6 is 0 Å². The number of nitrogens with one attached hydrogen (secondary N) is 1. The lowest BCUT2D eigenvalue weighted by Gasteiger charge is -2.27. The molecule has 0 aliphatic heterocycles. The van der Waals surface area contributed by atoms with Gasteiger partial charge in [-0.15, -0.1) is 0 Å². The van der Waals surface area contributed by atoms with Crippen molar-refractivity contribution < 1.29 is 0 Å². The van der Waals surface area contributed by atoms with E-state index in [2.05, 4.69) is 53.4 Å². The molecule has 0 aliphatic rings. The predicted molar refractivity (Wildman–Crippen MR) is 75.2 cm³/mol. The van der Waals surface area contributed by atoms with Gasteiger partial charge in [0.05, 0.1) is 11.4 Å². The van der Waals surface area contributed by atoms with Crippen LogP contribution in [0.5, 0.6) is 0 Å². The lowest BCUT2D eigenvalue weighted by atomic mass is 9.80. The number of hydrogen-bond acceptors (Lipinski definition) is 2. The van der Waals surface area contributed by atoms with Crippen molar-refractivity contribution in [2.45, 2.75) is 47.0 Å². The highest BCUT2D eigenvalue weighted by molar-refractivity contribution is 5.65. The zero-order chi connectivity index (χ0) is 13.4. The van der Waals surface area contributed by atoms with E-state index in [-0.39, 0.29) is 5.41 Å². The van der Waals surface area contributed by atoms with E-state index in [0.29, 0.717) is 0 Å². The highest BCUT2D eigenvalue weighted by atomic mass is 14.9. The Morgan fingerprint density at radius 2 is 1.65 bits per heavy atom. The summed E-state index contributed by atoms with van der Waals surface area (Å²) in [5, 5.41) is 3.11. The van der Waals surface area contributed by atoms with Crippen molar-refractivity contribution in [1.82, 2.24) is 10.3 Å². The van der Waals surface area contributed by atoms with Gasteiger partial charge in [-0.25, -0.2) is 0 Å². The SMILES string of the molecule is C=C(NC)c1nc(C)c(C)c(C)c1C(C)(C)C. The molecule has 0 aliphatic carbocycles. The molecule has 0 atom stereocenters. The Kier molecular flexibility index (Phi) is 3.65. The third kappa shape index (κ3) is 2.51. The Morgan fingerprint density at radius 1 is 1.12 bits per heavy atom. The summed E-state index contributed by atoms with van der Waals surface area (Å²) in [4.78, 5) is 4.71. The predicted octanol–water partition coefficient (Wildman–Crippen LogP) is 3.49. The first-order valence-corrected chi connectivity index (χ1v) is 6.05. The average Bonchev–Trinajstić information content (AvgIpc) is 2.22. The van der Waals surface area contributed by atoms with E-state index in [1.807, 2.05) is 7.05 Å². The standard InChI is InChI=1S/C15H24N2/c1-9-10(2)13(15(5,6)7)14(12(4)16-8)17-11(9)3/h16H,4H2,1-3,5-8H3. The largest absolute Gasteiger partial charge is 0.387 e. The van der Waals surface area contributed by atoms with Gasteiger partial charge < -0.3 is 5.32 Å². The van der Waals surface area contributed by atoms with Crippen LogP contribution in [0.1, 0.15) is 48.8 Å². The molecule has 0 saturated carbocycles. The maximum Gasteiger partial charge on any atom is 0.0898 e. The van der Waals surface area contributed by atoms with Crippen LogP contribution in [0.2, 0.25) is 0 Å². The highest BCUT2D eigenvalue weighted by Crippen LogP contribution is 2.32. The van der Waals surface area contributed by atoms with Crippen molar-refractivity contribution in [2.24, 2.45) is 0 Å². The number of rotatable bonds is 2. The van der Waals surface area contributed by atoms with Gasteiger partial charge in [-0.1, -0.05) is 27.4 Å². The Morgan fingerprint density at radius 3 is 2.06 bits per heavy atom. The van der Waals surface area contributed by atoms with Crippen LogP contribution in [-0.2, 0) is 5.41 Å². The van der Waals surface area contributed by atoms with Crippen molar-refractivity contribution in [2.75, 3.05) is 7.05 Å². The van der Waals surface area contributed by atoms with Gasteiger partial charge >= 0.3 is 0 Å². The van der Waals surface area contributed by atoms with Crippen molar-refractivity contribution in [1.29, 1.82) is 0 Å². The molecule has 0 fully saturated rings. The number of aromatic nitrogens is 1. The normalized spacial score (nSPS) is 11.5. The second-order valence-electron chi connectivity index (χ2n) is 5.65. The maximum absolute atomic E-state index is 4.71. The molecule has 0 bridgehead atoms. The Labute approximate surface area is 105 Å². The fourth-order valence-corrected chi connectivity index (χ4v) is 2.20. The monoisotopic (exact) mass is 232 g/mol. The van der Waals surface area contributed by atoms with Gasteiger partial charge in [0.2, 0.25) is 0 Å². The van der Waals surface area contributed by atoms with Gasteiger partial charge in [0.25, 0.3) is 0 Å². The molecule has 1 rings (SSSR count). The summed E-state index contributed by atoms with van der Waals surface area (Å²) < 4.78 is 0. The Hall–Kier alpha value is -1.31. The van der Waals surface area contributed by atoms with Gasteiger partial charge in [-0.05, 0) is 42.9 Å². The number of hydrogen-bond donors (Lipinski definition) is 1. The van der Waals surface area contributed by atoms with Crippen molar-refractivity contribution in [3.63, 3.8) is 0 Å². The first-order chi connectivity index (χ1) is 7.70. The van der Waals surface area contributed by atoms with Crippen LogP contribution in [0.25, 0.3) is 5.70 Å². The lowest BCUT2D eigenvalue weighted by Crippen LogP contribution is -2.21. The Bertz CT molecular complexity index is 451. The van der Waals surface area contributed by atoms with E-state index < -0.39 is 0 Å². The topological polar surface area (TPSA) is 24.9 Å². The van der Waals surface area contributed by atoms with Crippen molar-refractivity contribution >= 4 is 5.70 Å². The van der Waals surface area contributed by atoms with E-state index in [1.165, 1.54) is 16.7 Å². The van der Waals surface area contributed by atoms with E-state index in [9.17, 15) is 0 Å². The molecule has 1 aromatic rings.